The van der Waals surface area contributed by atoms with Crippen LogP contribution < -0.4 is 15.2 Å². The van der Waals surface area contributed by atoms with E-state index >= 15 is 0 Å². The Kier molecular flexibility index (Phi) is 4.73. The molecule has 0 aliphatic rings. The van der Waals surface area contributed by atoms with Crippen LogP contribution in [0.4, 0.5) is 0 Å². The summed E-state index contributed by atoms with van der Waals surface area (Å²) in [5, 5.41) is 2.60. The van der Waals surface area contributed by atoms with E-state index in [4.69, 9.17) is 26.8 Å². The van der Waals surface area contributed by atoms with Gasteiger partial charge in [0.1, 0.15) is 0 Å². The number of nitrogens with two attached hydrogens (primary N) is 1. The highest BCUT2D eigenvalue weighted by atomic mass is 79.9. The van der Waals surface area contributed by atoms with Gasteiger partial charge < -0.3 is 15.2 Å². The molecule has 1 heterocycles. The molecule has 2 aromatic rings. The molecule has 0 fully saturated rings. The third kappa shape index (κ3) is 2.89. The molecule has 0 saturated carbocycles. The molecule has 0 bridgehead atoms. The molecule has 0 aliphatic carbocycles. The van der Waals surface area contributed by atoms with Crippen LogP contribution in [-0.4, -0.2) is 14.2 Å². The lowest BCUT2D eigenvalue weighted by atomic mass is 10.1. The summed E-state index contributed by atoms with van der Waals surface area (Å²) >= 11 is 11.2. The van der Waals surface area contributed by atoms with Crippen molar-refractivity contribution in [3.63, 3.8) is 0 Å². The maximum Gasteiger partial charge on any atom is 0.161 e. The maximum absolute atomic E-state index is 6.28. The van der Waals surface area contributed by atoms with Crippen molar-refractivity contribution in [1.29, 1.82) is 0 Å². The van der Waals surface area contributed by atoms with E-state index in [0.717, 1.165) is 14.9 Å². The Balaban J connectivity index is 2.48. The van der Waals surface area contributed by atoms with Crippen LogP contribution in [0.25, 0.3) is 0 Å². The van der Waals surface area contributed by atoms with E-state index in [1.807, 2.05) is 23.6 Å². The fourth-order valence-corrected chi connectivity index (χ4v) is 3.54. The Labute approximate surface area is 129 Å². The molecule has 102 valence electrons. The van der Waals surface area contributed by atoms with Crippen LogP contribution in [0.3, 0.4) is 0 Å². The quantitative estimate of drug-likeness (QED) is 0.885. The normalized spacial score (nSPS) is 12.3. The summed E-state index contributed by atoms with van der Waals surface area (Å²) in [5.41, 5.74) is 7.18. The zero-order chi connectivity index (χ0) is 14.0. The van der Waals surface area contributed by atoms with Gasteiger partial charge in [-0.25, -0.2) is 0 Å². The maximum atomic E-state index is 6.28. The molecule has 0 spiro atoms. The summed E-state index contributed by atoms with van der Waals surface area (Å²) in [5.74, 6) is 1.30. The second-order valence-electron chi connectivity index (χ2n) is 3.84. The summed E-state index contributed by atoms with van der Waals surface area (Å²) in [6.45, 7) is 0. The Hall–Kier alpha value is -0.750. The first-order chi connectivity index (χ1) is 9.08. The first-order valence-corrected chi connectivity index (χ1v) is 7.53. The van der Waals surface area contributed by atoms with Gasteiger partial charge in [-0.05, 0) is 29.1 Å². The number of hydrogen-bond donors (Lipinski definition) is 1. The molecule has 3 nitrogen and oxygen atoms in total. The molecule has 2 rings (SSSR count). The predicted molar refractivity (Wildman–Crippen MR) is 82.6 cm³/mol. The van der Waals surface area contributed by atoms with Gasteiger partial charge in [0.2, 0.25) is 0 Å². The van der Waals surface area contributed by atoms with Crippen molar-refractivity contribution in [2.24, 2.45) is 5.73 Å². The summed E-state index contributed by atoms with van der Waals surface area (Å²) in [6, 6.07) is 5.25. The van der Waals surface area contributed by atoms with Crippen LogP contribution >= 0.6 is 38.9 Å². The van der Waals surface area contributed by atoms with E-state index in [2.05, 4.69) is 15.9 Å². The zero-order valence-corrected chi connectivity index (χ0v) is 13.6. The molecule has 1 aromatic carbocycles. The van der Waals surface area contributed by atoms with Gasteiger partial charge in [0.15, 0.2) is 11.5 Å². The number of methoxy groups -OCH3 is 2. The van der Waals surface area contributed by atoms with E-state index in [-0.39, 0.29) is 6.04 Å². The van der Waals surface area contributed by atoms with Gasteiger partial charge >= 0.3 is 0 Å². The molecular weight excluding hydrogens is 350 g/mol. The Morgan fingerprint density at radius 3 is 2.42 bits per heavy atom. The lowest BCUT2D eigenvalue weighted by molar-refractivity contribution is 0.354. The van der Waals surface area contributed by atoms with Gasteiger partial charge in [-0.15, -0.1) is 11.3 Å². The summed E-state index contributed by atoms with van der Waals surface area (Å²) in [6.07, 6.45) is 0. The number of thiophene rings is 1. The molecule has 2 N–H and O–H groups in total. The standard InChI is InChI=1S/C13H13BrClNO2S/c1-17-10-5-7(8(14)6-11(10)18-2)12(16)13-9(15)3-4-19-13/h3-6,12H,16H2,1-2H3. The number of hydrogen-bond acceptors (Lipinski definition) is 4. The fraction of sp³-hybridized carbons (Fsp3) is 0.231. The van der Waals surface area contributed by atoms with Gasteiger partial charge in [0, 0.05) is 9.35 Å². The van der Waals surface area contributed by atoms with Crippen molar-refractivity contribution >= 4 is 38.9 Å². The van der Waals surface area contributed by atoms with E-state index in [1.54, 1.807) is 14.2 Å². The molecule has 6 heteroatoms. The third-order valence-electron chi connectivity index (χ3n) is 2.77. The number of halogens is 2. The Bertz CT molecular complexity index is 588. The topological polar surface area (TPSA) is 44.5 Å². The smallest absolute Gasteiger partial charge is 0.161 e. The Morgan fingerprint density at radius 1 is 1.26 bits per heavy atom. The van der Waals surface area contributed by atoms with Crippen molar-refractivity contribution in [3.8, 4) is 11.5 Å². The van der Waals surface area contributed by atoms with Gasteiger partial charge in [-0.3, -0.25) is 0 Å². The monoisotopic (exact) mass is 361 g/mol. The van der Waals surface area contributed by atoms with E-state index in [1.165, 1.54) is 11.3 Å². The highest BCUT2D eigenvalue weighted by molar-refractivity contribution is 9.10. The average molecular weight is 363 g/mol. The summed E-state index contributed by atoms with van der Waals surface area (Å²) in [7, 11) is 3.19. The minimum atomic E-state index is -0.304. The molecule has 0 radical (unpaired) electrons. The van der Waals surface area contributed by atoms with E-state index in [9.17, 15) is 0 Å². The highest BCUT2D eigenvalue weighted by Gasteiger charge is 2.19. The lowest BCUT2D eigenvalue weighted by Gasteiger charge is -2.16. The average Bonchev–Trinajstić information content (AvgIpc) is 2.83. The molecule has 0 amide bonds. The highest BCUT2D eigenvalue weighted by Crippen LogP contribution is 2.39. The van der Waals surface area contributed by atoms with Crippen molar-refractivity contribution in [1.82, 2.24) is 0 Å². The molecule has 1 atom stereocenters. The summed E-state index contributed by atoms with van der Waals surface area (Å²) < 4.78 is 11.4. The molecule has 1 aromatic heterocycles. The fourth-order valence-electron chi connectivity index (χ4n) is 1.78. The van der Waals surface area contributed by atoms with Crippen molar-refractivity contribution < 1.29 is 9.47 Å². The van der Waals surface area contributed by atoms with Gasteiger partial charge in [0.05, 0.1) is 25.3 Å². The molecule has 1 unspecified atom stereocenters. The predicted octanol–water partition coefficient (Wildman–Crippen LogP) is 4.23. The molecule has 19 heavy (non-hydrogen) atoms. The van der Waals surface area contributed by atoms with Crippen LogP contribution in [0, 0.1) is 0 Å². The van der Waals surface area contributed by atoms with E-state index in [0.29, 0.717) is 16.5 Å². The zero-order valence-electron chi connectivity index (χ0n) is 10.4. The summed E-state index contributed by atoms with van der Waals surface area (Å²) in [4.78, 5) is 0.926. The number of rotatable bonds is 4. The second kappa shape index (κ2) is 6.13. The van der Waals surface area contributed by atoms with Gasteiger partial charge in [-0.2, -0.15) is 0 Å². The minimum Gasteiger partial charge on any atom is -0.493 e. The van der Waals surface area contributed by atoms with Crippen LogP contribution in [-0.2, 0) is 0 Å². The second-order valence-corrected chi connectivity index (χ2v) is 6.05. The van der Waals surface area contributed by atoms with E-state index < -0.39 is 0 Å². The minimum absolute atomic E-state index is 0.304. The largest absolute Gasteiger partial charge is 0.493 e. The third-order valence-corrected chi connectivity index (χ3v) is 4.89. The lowest BCUT2D eigenvalue weighted by Crippen LogP contribution is -2.12. The SMILES string of the molecule is COc1cc(Br)c(C(N)c2sccc2Cl)cc1OC. The molecule has 0 aliphatic heterocycles. The van der Waals surface area contributed by atoms with Crippen LogP contribution in [0.5, 0.6) is 11.5 Å². The number of benzene rings is 1. The van der Waals surface area contributed by atoms with Crippen LogP contribution in [0.2, 0.25) is 5.02 Å². The van der Waals surface area contributed by atoms with Crippen molar-refractivity contribution in [2.45, 2.75) is 6.04 Å². The van der Waals surface area contributed by atoms with Gasteiger partial charge in [0.25, 0.3) is 0 Å². The van der Waals surface area contributed by atoms with Crippen molar-refractivity contribution in [2.75, 3.05) is 14.2 Å². The Morgan fingerprint density at radius 2 is 1.89 bits per heavy atom. The first-order valence-electron chi connectivity index (χ1n) is 5.48. The van der Waals surface area contributed by atoms with Crippen LogP contribution in [0.15, 0.2) is 28.1 Å². The number of ether oxygens (including phenoxy) is 2. The first kappa shape index (κ1) is 14.7. The van der Waals surface area contributed by atoms with Gasteiger partial charge in [-0.1, -0.05) is 27.5 Å². The molecular formula is C13H13BrClNO2S. The van der Waals surface area contributed by atoms with Crippen molar-refractivity contribution in [3.05, 3.63) is 43.5 Å². The van der Waals surface area contributed by atoms with Crippen LogP contribution in [0.1, 0.15) is 16.5 Å². The molecule has 0 saturated heterocycles.